The maximum absolute atomic E-state index is 4.49. The van der Waals surface area contributed by atoms with Crippen LogP contribution in [0.3, 0.4) is 0 Å². The third kappa shape index (κ3) is 2.19. The Kier molecular flexibility index (Phi) is 3.32. The minimum atomic E-state index is 0.983. The minimum Gasteiger partial charge on any atom is -0.368 e. The molecule has 20 heavy (non-hydrogen) atoms. The highest BCUT2D eigenvalue weighted by atomic mass is 32.1. The SMILES string of the molecule is c1nc(NCCN2CCCC2)c2c3c(sc2n1)CCC3. The zero-order valence-corrected chi connectivity index (χ0v) is 12.5. The first kappa shape index (κ1) is 12.5. The Morgan fingerprint density at radius 3 is 2.95 bits per heavy atom. The van der Waals surface area contributed by atoms with Crippen molar-refractivity contribution in [2.75, 3.05) is 31.5 Å². The van der Waals surface area contributed by atoms with Crippen LogP contribution in [0.15, 0.2) is 6.33 Å². The summed E-state index contributed by atoms with van der Waals surface area (Å²) in [6.07, 6.45) is 8.13. The number of aryl methyl sites for hydroxylation is 2. The topological polar surface area (TPSA) is 41.1 Å². The lowest BCUT2D eigenvalue weighted by molar-refractivity contribution is 0.352. The molecule has 0 amide bonds. The van der Waals surface area contributed by atoms with Gasteiger partial charge in [-0.2, -0.15) is 0 Å². The quantitative estimate of drug-likeness (QED) is 0.939. The van der Waals surface area contributed by atoms with Crippen LogP contribution in [-0.2, 0) is 12.8 Å². The fourth-order valence-electron chi connectivity index (χ4n) is 3.40. The highest BCUT2D eigenvalue weighted by Gasteiger charge is 2.21. The molecule has 1 fully saturated rings. The summed E-state index contributed by atoms with van der Waals surface area (Å²) in [5, 5.41) is 4.84. The van der Waals surface area contributed by atoms with Crippen molar-refractivity contribution < 1.29 is 0 Å². The van der Waals surface area contributed by atoms with Crippen molar-refractivity contribution in [2.24, 2.45) is 0 Å². The van der Waals surface area contributed by atoms with Crippen LogP contribution in [0, 0.1) is 0 Å². The van der Waals surface area contributed by atoms with Crippen molar-refractivity contribution in [1.29, 1.82) is 0 Å². The van der Waals surface area contributed by atoms with Gasteiger partial charge in [0.05, 0.1) is 5.39 Å². The maximum atomic E-state index is 4.49. The third-order valence-electron chi connectivity index (χ3n) is 4.42. The summed E-state index contributed by atoms with van der Waals surface area (Å²) in [7, 11) is 0. The number of hydrogen-bond donors (Lipinski definition) is 1. The molecule has 1 N–H and O–H groups in total. The summed E-state index contributed by atoms with van der Waals surface area (Å²) in [6, 6.07) is 0. The van der Waals surface area contributed by atoms with Gasteiger partial charge in [0.15, 0.2) is 0 Å². The molecule has 0 spiro atoms. The van der Waals surface area contributed by atoms with E-state index in [4.69, 9.17) is 0 Å². The largest absolute Gasteiger partial charge is 0.368 e. The highest BCUT2D eigenvalue weighted by molar-refractivity contribution is 7.19. The number of nitrogens with zero attached hydrogens (tertiary/aromatic N) is 3. The average molecular weight is 288 g/mol. The van der Waals surface area contributed by atoms with Crippen LogP contribution in [0.5, 0.6) is 0 Å². The van der Waals surface area contributed by atoms with E-state index in [1.807, 2.05) is 11.3 Å². The normalized spacial score (nSPS) is 18.8. The third-order valence-corrected chi connectivity index (χ3v) is 5.62. The smallest absolute Gasteiger partial charge is 0.138 e. The molecule has 4 rings (SSSR count). The number of rotatable bonds is 4. The molecule has 2 aliphatic rings. The first-order chi connectivity index (χ1) is 9.92. The van der Waals surface area contributed by atoms with Crippen molar-refractivity contribution in [3.8, 4) is 0 Å². The van der Waals surface area contributed by atoms with E-state index in [-0.39, 0.29) is 0 Å². The van der Waals surface area contributed by atoms with Gasteiger partial charge in [0.2, 0.25) is 0 Å². The van der Waals surface area contributed by atoms with E-state index in [1.54, 1.807) is 6.33 Å². The minimum absolute atomic E-state index is 0.983. The molecule has 1 saturated heterocycles. The molecule has 5 heteroatoms. The lowest BCUT2D eigenvalue weighted by Gasteiger charge is -2.15. The predicted molar refractivity (Wildman–Crippen MR) is 83.6 cm³/mol. The van der Waals surface area contributed by atoms with Gasteiger partial charge in [-0.3, -0.25) is 0 Å². The molecule has 0 radical (unpaired) electrons. The monoisotopic (exact) mass is 288 g/mol. The van der Waals surface area contributed by atoms with Crippen molar-refractivity contribution in [3.63, 3.8) is 0 Å². The molecule has 2 aromatic rings. The van der Waals surface area contributed by atoms with Crippen molar-refractivity contribution in [2.45, 2.75) is 32.1 Å². The molecule has 0 saturated carbocycles. The van der Waals surface area contributed by atoms with E-state index in [0.29, 0.717) is 0 Å². The summed E-state index contributed by atoms with van der Waals surface area (Å²) in [6.45, 7) is 4.62. The van der Waals surface area contributed by atoms with Crippen molar-refractivity contribution >= 4 is 27.4 Å². The first-order valence-corrected chi connectivity index (χ1v) is 8.45. The molecule has 0 bridgehead atoms. The lowest BCUT2D eigenvalue weighted by atomic mass is 10.2. The van der Waals surface area contributed by atoms with Crippen molar-refractivity contribution in [1.82, 2.24) is 14.9 Å². The number of fused-ring (bicyclic) bond motifs is 3. The summed E-state index contributed by atoms with van der Waals surface area (Å²) in [5.41, 5.74) is 1.51. The zero-order chi connectivity index (χ0) is 13.4. The summed E-state index contributed by atoms with van der Waals surface area (Å²) in [4.78, 5) is 14.2. The molecule has 106 valence electrons. The summed E-state index contributed by atoms with van der Waals surface area (Å²) in [5.74, 6) is 1.05. The predicted octanol–water partition coefficient (Wildman–Crippen LogP) is 2.69. The Morgan fingerprint density at radius 2 is 2.05 bits per heavy atom. The van der Waals surface area contributed by atoms with Gasteiger partial charge in [0.1, 0.15) is 17.0 Å². The Bertz CT molecular complexity index is 616. The maximum Gasteiger partial charge on any atom is 0.138 e. The fraction of sp³-hybridized carbons (Fsp3) is 0.600. The Morgan fingerprint density at radius 1 is 1.15 bits per heavy atom. The first-order valence-electron chi connectivity index (χ1n) is 7.63. The molecule has 2 aromatic heterocycles. The van der Waals surface area contributed by atoms with Crippen LogP contribution in [0.1, 0.15) is 29.7 Å². The highest BCUT2D eigenvalue weighted by Crippen LogP contribution is 2.38. The van der Waals surface area contributed by atoms with Crippen molar-refractivity contribution in [3.05, 3.63) is 16.8 Å². The van der Waals surface area contributed by atoms with E-state index in [9.17, 15) is 0 Å². The Hall–Kier alpha value is -1.20. The number of anilines is 1. The van der Waals surface area contributed by atoms with Crippen LogP contribution in [-0.4, -0.2) is 41.0 Å². The molecule has 3 heterocycles. The van der Waals surface area contributed by atoms with E-state index >= 15 is 0 Å². The molecule has 0 unspecified atom stereocenters. The summed E-state index contributed by atoms with van der Waals surface area (Å²) >= 11 is 1.86. The van der Waals surface area contributed by atoms with Gasteiger partial charge >= 0.3 is 0 Å². The van der Waals surface area contributed by atoms with E-state index in [0.717, 1.165) is 23.7 Å². The number of nitrogens with one attached hydrogen (secondary N) is 1. The Labute approximate surface area is 123 Å². The number of aromatic nitrogens is 2. The lowest BCUT2D eigenvalue weighted by Crippen LogP contribution is -2.26. The van der Waals surface area contributed by atoms with E-state index in [1.165, 1.54) is 61.0 Å². The summed E-state index contributed by atoms with van der Waals surface area (Å²) < 4.78 is 0. The van der Waals surface area contributed by atoms with Gasteiger partial charge in [0.25, 0.3) is 0 Å². The molecule has 1 aliphatic carbocycles. The molecular weight excluding hydrogens is 268 g/mol. The van der Waals surface area contributed by atoms with Gasteiger partial charge < -0.3 is 10.2 Å². The van der Waals surface area contributed by atoms with Crippen LogP contribution in [0.2, 0.25) is 0 Å². The molecule has 0 atom stereocenters. The number of likely N-dealkylation sites (tertiary alicyclic amines) is 1. The number of thiophene rings is 1. The molecule has 0 aromatic carbocycles. The van der Waals surface area contributed by atoms with Crippen LogP contribution in [0.4, 0.5) is 5.82 Å². The van der Waals surface area contributed by atoms with Crippen LogP contribution in [0.25, 0.3) is 10.2 Å². The van der Waals surface area contributed by atoms with E-state index < -0.39 is 0 Å². The van der Waals surface area contributed by atoms with Crippen LogP contribution >= 0.6 is 11.3 Å². The van der Waals surface area contributed by atoms with Crippen LogP contribution < -0.4 is 5.32 Å². The molecular formula is C15H20N4S. The van der Waals surface area contributed by atoms with Gasteiger partial charge in [0, 0.05) is 18.0 Å². The average Bonchev–Trinajstić information content (AvgIpc) is 3.14. The second kappa shape index (κ2) is 5.30. The second-order valence-electron chi connectivity index (χ2n) is 5.74. The Balaban J connectivity index is 1.53. The standard InChI is InChI=1S/C15H20N4S/c1-2-8-19(7-1)9-6-16-14-13-11-4-3-5-12(11)20-15(13)18-10-17-14/h10H,1-9H2,(H,16,17,18). The van der Waals surface area contributed by atoms with Gasteiger partial charge in [-0.25, -0.2) is 9.97 Å². The van der Waals surface area contributed by atoms with Gasteiger partial charge in [-0.05, 0) is 50.8 Å². The fourth-order valence-corrected chi connectivity index (χ4v) is 4.63. The van der Waals surface area contributed by atoms with E-state index in [2.05, 4.69) is 20.2 Å². The van der Waals surface area contributed by atoms with Gasteiger partial charge in [-0.15, -0.1) is 11.3 Å². The second-order valence-corrected chi connectivity index (χ2v) is 6.82. The zero-order valence-electron chi connectivity index (χ0n) is 11.7. The molecule has 1 aliphatic heterocycles. The van der Waals surface area contributed by atoms with Gasteiger partial charge in [-0.1, -0.05) is 0 Å². The molecule has 4 nitrogen and oxygen atoms in total. The number of hydrogen-bond acceptors (Lipinski definition) is 5.